The lowest BCUT2D eigenvalue weighted by Gasteiger charge is -2.12. The number of amides is 2. The molecule has 1 heterocycles. The predicted molar refractivity (Wildman–Crippen MR) is 95.4 cm³/mol. The van der Waals surface area contributed by atoms with E-state index in [0.29, 0.717) is 10.6 Å². The van der Waals surface area contributed by atoms with E-state index in [-0.39, 0.29) is 11.1 Å². The van der Waals surface area contributed by atoms with Crippen LogP contribution >= 0.6 is 0 Å². The number of nitrogens with zero attached hydrogens (tertiary/aromatic N) is 1. The van der Waals surface area contributed by atoms with E-state index in [2.05, 4.69) is 0 Å². The minimum atomic E-state index is -3.91. The van der Waals surface area contributed by atoms with Crippen LogP contribution in [0.15, 0.2) is 60.0 Å². The highest BCUT2D eigenvalue weighted by atomic mass is 32.2. The highest BCUT2D eigenvalue weighted by Crippen LogP contribution is 2.22. The van der Waals surface area contributed by atoms with Gasteiger partial charge in [0.15, 0.2) is 0 Å². The third kappa shape index (κ3) is 4.27. The van der Waals surface area contributed by atoms with Gasteiger partial charge in [0.2, 0.25) is 10.0 Å². The molecule has 0 radical (unpaired) electrons. The van der Waals surface area contributed by atoms with Crippen LogP contribution in [-0.2, 0) is 19.7 Å². The first-order valence-corrected chi connectivity index (χ1v) is 9.33. The molecule has 0 bridgehead atoms. The number of rotatable bonds is 6. The number of hydrogen-bond acceptors (Lipinski definition) is 6. The molecule has 8 nitrogen and oxygen atoms in total. The molecule has 2 amide bonds. The number of hydroxylamine groups is 2. The molecule has 0 atom stereocenters. The normalized spacial score (nSPS) is 13.9. The van der Waals surface area contributed by atoms with Gasteiger partial charge in [-0.05, 0) is 23.8 Å². The fourth-order valence-corrected chi connectivity index (χ4v) is 3.08. The molecule has 3 rings (SSSR count). The minimum absolute atomic E-state index is 0.113. The quantitative estimate of drug-likeness (QED) is 0.750. The van der Waals surface area contributed by atoms with Crippen LogP contribution < -0.4 is 4.72 Å². The molecule has 0 aromatic heterocycles. The van der Waals surface area contributed by atoms with Gasteiger partial charge in [0.05, 0.1) is 11.1 Å². The fraction of sp³-hybridized carbons (Fsp3) is 0.0556. The first kappa shape index (κ1) is 18.5. The molecule has 0 fully saturated rings. The molecule has 1 aliphatic rings. The molecule has 138 valence electrons. The van der Waals surface area contributed by atoms with Gasteiger partial charge in [-0.1, -0.05) is 47.5 Å². The van der Waals surface area contributed by atoms with Crippen LogP contribution in [0.4, 0.5) is 0 Å². The predicted octanol–water partition coefficient (Wildman–Crippen LogP) is 1.33. The van der Waals surface area contributed by atoms with Crippen molar-refractivity contribution in [3.8, 4) is 0 Å². The summed E-state index contributed by atoms with van der Waals surface area (Å²) in [7, 11) is -3.91. The molecular weight excluding hydrogens is 372 g/mol. The van der Waals surface area contributed by atoms with Crippen LogP contribution in [0.2, 0.25) is 0 Å². The zero-order chi connectivity index (χ0) is 19.4. The zero-order valence-electron chi connectivity index (χ0n) is 13.9. The van der Waals surface area contributed by atoms with Crippen LogP contribution in [-0.4, -0.2) is 37.8 Å². The van der Waals surface area contributed by atoms with Gasteiger partial charge in [0, 0.05) is 5.41 Å². The van der Waals surface area contributed by atoms with Gasteiger partial charge < -0.3 is 4.84 Å². The van der Waals surface area contributed by atoms with Crippen molar-refractivity contribution in [1.82, 2.24) is 9.79 Å². The van der Waals surface area contributed by atoms with Gasteiger partial charge in [-0.15, -0.1) is 0 Å². The summed E-state index contributed by atoms with van der Waals surface area (Å²) in [6.07, 6.45) is 1.36. The van der Waals surface area contributed by atoms with Crippen molar-refractivity contribution in [3.05, 3.63) is 76.7 Å². The summed E-state index contributed by atoms with van der Waals surface area (Å²) < 4.78 is 25.8. The summed E-state index contributed by atoms with van der Waals surface area (Å²) in [6.45, 7) is -0.741. The SMILES string of the molecule is O=C(CNS(=O)(=O)/C=C/c1ccccc1)ON1C(=O)c2ccccc2C1=O. The van der Waals surface area contributed by atoms with Crippen molar-refractivity contribution >= 4 is 33.9 Å². The van der Waals surface area contributed by atoms with Crippen molar-refractivity contribution in [2.75, 3.05) is 6.54 Å². The first-order valence-electron chi connectivity index (χ1n) is 7.79. The van der Waals surface area contributed by atoms with E-state index >= 15 is 0 Å². The Morgan fingerprint density at radius 1 is 0.963 bits per heavy atom. The van der Waals surface area contributed by atoms with Gasteiger partial charge in [0.25, 0.3) is 11.8 Å². The average molecular weight is 386 g/mol. The second-order valence-corrected chi connectivity index (χ2v) is 7.14. The molecule has 0 unspecified atom stereocenters. The maximum Gasteiger partial charge on any atom is 0.347 e. The summed E-state index contributed by atoms with van der Waals surface area (Å²) in [6, 6.07) is 14.7. The van der Waals surface area contributed by atoms with E-state index in [4.69, 9.17) is 4.84 Å². The van der Waals surface area contributed by atoms with Gasteiger partial charge >= 0.3 is 5.97 Å². The van der Waals surface area contributed by atoms with E-state index in [9.17, 15) is 22.8 Å². The van der Waals surface area contributed by atoms with Gasteiger partial charge in [-0.2, -0.15) is 0 Å². The number of sulfonamides is 1. The average Bonchev–Trinajstić information content (AvgIpc) is 2.91. The Kier molecular flexibility index (Phi) is 5.15. The molecular formula is C18H14N2O6S. The van der Waals surface area contributed by atoms with Gasteiger partial charge in [-0.3, -0.25) is 9.59 Å². The summed E-state index contributed by atoms with van der Waals surface area (Å²) in [4.78, 5) is 40.7. The molecule has 1 N–H and O–H groups in total. The van der Waals surface area contributed by atoms with Crippen molar-refractivity contribution < 1.29 is 27.6 Å². The maximum atomic E-state index is 12.1. The van der Waals surface area contributed by atoms with Crippen molar-refractivity contribution in [1.29, 1.82) is 0 Å². The van der Waals surface area contributed by atoms with E-state index < -0.39 is 34.4 Å². The van der Waals surface area contributed by atoms with Crippen LogP contribution in [0.1, 0.15) is 26.3 Å². The van der Waals surface area contributed by atoms with Gasteiger partial charge in [-0.25, -0.2) is 17.9 Å². The van der Waals surface area contributed by atoms with Crippen LogP contribution in [0.3, 0.4) is 0 Å². The zero-order valence-corrected chi connectivity index (χ0v) is 14.7. The minimum Gasteiger partial charge on any atom is -0.328 e. The molecule has 2 aromatic rings. The highest BCUT2D eigenvalue weighted by Gasteiger charge is 2.38. The summed E-state index contributed by atoms with van der Waals surface area (Å²) in [5, 5.41) is 1.22. The van der Waals surface area contributed by atoms with Crippen LogP contribution in [0.5, 0.6) is 0 Å². The number of benzene rings is 2. The Hall–Kier alpha value is -3.30. The number of nitrogens with one attached hydrogen (secondary N) is 1. The number of imide groups is 1. The molecule has 2 aromatic carbocycles. The van der Waals surface area contributed by atoms with Crippen LogP contribution in [0.25, 0.3) is 6.08 Å². The monoisotopic (exact) mass is 386 g/mol. The number of fused-ring (bicyclic) bond motifs is 1. The lowest BCUT2D eigenvalue weighted by atomic mass is 10.1. The van der Waals surface area contributed by atoms with Gasteiger partial charge in [0.1, 0.15) is 6.54 Å². The highest BCUT2D eigenvalue weighted by molar-refractivity contribution is 7.92. The smallest absolute Gasteiger partial charge is 0.328 e. The lowest BCUT2D eigenvalue weighted by Crippen LogP contribution is -2.37. The Bertz CT molecular complexity index is 996. The number of hydrogen-bond donors (Lipinski definition) is 1. The topological polar surface area (TPSA) is 110 Å². The van der Waals surface area contributed by atoms with E-state index in [1.807, 2.05) is 4.72 Å². The summed E-state index contributed by atoms with van der Waals surface area (Å²) in [5.41, 5.74) is 0.889. The fourth-order valence-electron chi connectivity index (χ4n) is 2.32. The standard InChI is InChI=1S/C18H14N2O6S/c21-16(12-19-27(24,25)11-10-13-6-2-1-3-7-13)26-20-17(22)14-8-4-5-9-15(14)18(20)23/h1-11,19H,12H2/b11-10+. The van der Waals surface area contributed by atoms with E-state index in [1.54, 1.807) is 42.5 Å². The Balaban J connectivity index is 1.58. The third-order valence-corrected chi connectivity index (χ3v) is 4.65. The van der Waals surface area contributed by atoms with E-state index in [1.165, 1.54) is 18.2 Å². The van der Waals surface area contributed by atoms with E-state index in [0.717, 1.165) is 5.41 Å². The van der Waals surface area contributed by atoms with Crippen molar-refractivity contribution in [2.24, 2.45) is 0 Å². The molecule has 0 spiro atoms. The Morgan fingerprint density at radius 3 is 2.11 bits per heavy atom. The molecule has 27 heavy (non-hydrogen) atoms. The maximum absolute atomic E-state index is 12.1. The molecule has 0 saturated heterocycles. The van der Waals surface area contributed by atoms with Crippen molar-refractivity contribution in [3.63, 3.8) is 0 Å². The molecule has 1 aliphatic heterocycles. The van der Waals surface area contributed by atoms with Crippen LogP contribution in [0, 0.1) is 0 Å². The largest absolute Gasteiger partial charge is 0.347 e. The summed E-state index contributed by atoms with van der Waals surface area (Å²) in [5.74, 6) is -2.66. The first-order chi connectivity index (χ1) is 12.9. The molecule has 0 aliphatic carbocycles. The number of carbonyl (C=O) groups excluding carboxylic acids is 3. The number of carbonyl (C=O) groups is 3. The third-order valence-electron chi connectivity index (χ3n) is 3.61. The second kappa shape index (κ2) is 7.52. The Morgan fingerprint density at radius 2 is 1.52 bits per heavy atom. The lowest BCUT2D eigenvalue weighted by molar-refractivity contribution is -0.166. The second-order valence-electron chi connectivity index (χ2n) is 5.49. The van der Waals surface area contributed by atoms with Crippen molar-refractivity contribution in [2.45, 2.75) is 0 Å². The molecule has 9 heteroatoms. The Labute approximate surface area is 155 Å². The summed E-state index contributed by atoms with van der Waals surface area (Å²) >= 11 is 0. The molecule has 0 saturated carbocycles.